The van der Waals surface area contributed by atoms with Crippen LogP contribution in [0.3, 0.4) is 0 Å². The number of aromatic nitrogens is 1. The first-order chi connectivity index (χ1) is 12.1. The van der Waals surface area contributed by atoms with E-state index in [0.29, 0.717) is 16.3 Å². The molecule has 7 heteroatoms. The third-order valence-corrected chi connectivity index (χ3v) is 4.60. The molecule has 1 heterocycles. The smallest absolute Gasteiger partial charge is 0.269 e. The fourth-order valence-corrected chi connectivity index (χ4v) is 3.28. The summed E-state index contributed by atoms with van der Waals surface area (Å²) in [4.78, 5) is 28.3. The van der Waals surface area contributed by atoms with E-state index >= 15 is 0 Å². The second kappa shape index (κ2) is 7.92. The highest BCUT2D eigenvalue weighted by molar-refractivity contribution is 7.13. The van der Waals surface area contributed by atoms with Gasteiger partial charge in [0, 0.05) is 16.5 Å². The summed E-state index contributed by atoms with van der Waals surface area (Å²) in [5.41, 5.74) is 6.69. The largest absolute Gasteiger partial charge is 0.273 e. The normalized spacial score (nSPS) is 10.3. The molecule has 0 saturated carbocycles. The zero-order valence-electron chi connectivity index (χ0n) is 13.0. The van der Waals surface area contributed by atoms with Gasteiger partial charge in [0.1, 0.15) is 5.01 Å². The Morgan fingerprint density at radius 2 is 1.72 bits per heavy atom. The van der Waals surface area contributed by atoms with Crippen molar-refractivity contribution in [2.45, 2.75) is 6.42 Å². The number of carbonyl (C=O) groups excluding carboxylic acids is 2. The van der Waals surface area contributed by atoms with Crippen molar-refractivity contribution < 1.29 is 9.59 Å². The molecule has 0 fully saturated rings. The first-order valence-electron chi connectivity index (χ1n) is 7.47. The van der Waals surface area contributed by atoms with Crippen LogP contribution < -0.4 is 10.9 Å². The number of hydrazine groups is 1. The van der Waals surface area contributed by atoms with Gasteiger partial charge in [0.25, 0.3) is 5.91 Å². The van der Waals surface area contributed by atoms with E-state index in [1.807, 2.05) is 24.3 Å². The van der Waals surface area contributed by atoms with Gasteiger partial charge in [-0.25, -0.2) is 4.98 Å². The van der Waals surface area contributed by atoms with Crippen molar-refractivity contribution in [3.8, 4) is 10.6 Å². The van der Waals surface area contributed by atoms with E-state index in [2.05, 4.69) is 15.8 Å². The molecule has 0 aliphatic heterocycles. The monoisotopic (exact) mass is 371 g/mol. The SMILES string of the molecule is O=C(Cc1csc(-c2ccccc2Cl)n1)NNC(=O)c1ccccc1. The third kappa shape index (κ3) is 4.43. The Hall–Kier alpha value is -2.70. The maximum absolute atomic E-state index is 12.0. The number of rotatable bonds is 4. The predicted octanol–water partition coefficient (Wildman–Crippen LogP) is 3.47. The van der Waals surface area contributed by atoms with E-state index < -0.39 is 0 Å². The lowest BCUT2D eigenvalue weighted by molar-refractivity contribution is -0.121. The molecule has 0 aliphatic rings. The van der Waals surface area contributed by atoms with Crippen LogP contribution in [-0.4, -0.2) is 16.8 Å². The molecular formula is C18H14ClN3O2S. The average Bonchev–Trinajstić information content (AvgIpc) is 3.09. The maximum Gasteiger partial charge on any atom is 0.269 e. The zero-order valence-corrected chi connectivity index (χ0v) is 14.6. The zero-order chi connectivity index (χ0) is 17.6. The van der Waals surface area contributed by atoms with E-state index in [4.69, 9.17) is 11.6 Å². The summed E-state index contributed by atoms with van der Waals surface area (Å²) in [5.74, 6) is -0.718. The van der Waals surface area contributed by atoms with Crippen molar-refractivity contribution in [3.05, 3.63) is 76.3 Å². The molecule has 0 unspecified atom stereocenters. The van der Waals surface area contributed by atoms with Crippen LogP contribution in [0.25, 0.3) is 10.6 Å². The quantitative estimate of drug-likeness (QED) is 0.690. The number of benzene rings is 2. The lowest BCUT2D eigenvalue weighted by Crippen LogP contribution is -2.42. The van der Waals surface area contributed by atoms with Gasteiger partial charge in [0.2, 0.25) is 5.91 Å². The van der Waals surface area contributed by atoms with Gasteiger partial charge < -0.3 is 0 Å². The van der Waals surface area contributed by atoms with E-state index in [0.717, 1.165) is 10.6 Å². The molecular weight excluding hydrogens is 358 g/mol. The first kappa shape index (κ1) is 17.1. The molecule has 2 N–H and O–H groups in total. The number of nitrogens with zero attached hydrogens (tertiary/aromatic N) is 1. The average molecular weight is 372 g/mol. The summed E-state index contributed by atoms with van der Waals surface area (Å²) in [7, 11) is 0. The van der Waals surface area contributed by atoms with E-state index in [1.54, 1.807) is 35.7 Å². The standard InChI is InChI=1S/C18H14ClN3O2S/c19-15-9-5-4-8-14(15)18-20-13(11-25-18)10-16(23)21-22-17(24)12-6-2-1-3-7-12/h1-9,11H,10H2,(H,21,23)(H,22,24). The number of halogens is 1. The number of amides is 2. The van der Waals surface area contributed by atoms with Crippen molar-refractivity contribution in [1.29, 1.82) is 0 Å². The van der Waals surface area contributed by atoms with Crippen LogP contribution in [0.4, 0.5) is 0 Å². The van der Waals surface area contributed by atoms with Crippen molar-refractivity contribution in [2.24, 2.45) is 0 Å². The molecule has 1 aromatic heterocycles. The van der Waals surface area contributed by atoms with Gasteiger partial charge in [-0.05, 0) is 18.2 Å². The topological polar surface area (TPSA) is 71.1 Å². The maximum atomic E-state index is 12.0. The fourth-order valence-electron chi connectivity index (χ4n) is 2.14. The van der Waals surface area contributed by atoms with E-state index in [-0.39, 0.29) is 18.2 Å². The lowest BCUT2D eigenvalue weighted by Gasteiger charge is -2.06. The van der Waals surface area contributed by atoms with E-state index in [9.17, 15) is 9.59 Å². The molecule has 2 amide bonds. The number of hydrogen-bond acceptors (Lipinski definition) is 4. The van der Waals surface area contributed by atoms with Crippen molar-refractivity contribution in [1.82, 2.24) is 15.8 Å². The van der Waals surface area contributed by atoms with Crippen molar-refractivity contribution in [3.63, 3.8) is 0 Å². The summed E-state index contributed by atoms with van der Waals surface area (Å²) in [6, 6.07) is 16.1. The Labute approximate surface area is 153 Å². The molecule has 0 aliphatic carbocycles. The molecule has 25 heavy (non-hydrogen) atoms. The molecule has 0 atom stereocenters. The summed E-state index contributed by atoms with van der Waals surface area (Å²) >= 11 is 7.57. The van der Waals surface area contributed by atoms with Gasteiger partial charge in [0.05, 0.1) is 17.1 Å². The summed E-state index contributed by atoms with van der Waals surface area (Å²) < 4.78 is 0. The Morgan fingerprint density at radius 3 is 2.48 bits per heavy atom. The van der Waals surface area contributed by atoms with Crippen LogP contribution in [0.15, 0.2) is 60.0 Å². The minimum Gasteiger partial charge on any atom is -0.273 e. The number of hydrogen-bond donors (Lipinski definition) is 2. The molecule has 0 spiro atoms. The molecule has 0 saturated heterocycles. The summed E-state index contributed by atoms with van der Waals surface area (Å²) in [5, 5.41) is 3.17. The van der Waals surface area contributed by atoms with Crippen LogP contribution in [0.2, 0.25) is 5.02 Å². The molecule has 0 bridgehead atoms. The van der Waals surface area contributed by atoms with Crippen molar-refractivity contribution >= 4 is 34.8 Å². The van der Waals surface area contributed by atoms with Crippen molar-refractivity contribution in [2.75, 3.05) is 0 Å². The Balaban J connectivity index is 1.57. The van der Waals surface area contributed by atoms with Crippen LogP contribution in [0.5, 0.6) is 0 Å². The highest BCUT2D eigenvalue weighted by Gasteiger charge is 2.12. The number of nitrogens with one attached hydrogen (secondary N) is 2. The Kier molecular flexibility index (Phi) is 5.42. The van der Waals surface area contributed by atoms with Gasteiger partial charge in [-0.3, -0.25) is 20.4 Å². The van der Waals surface area contributed by atoms with Crippen LogP contribution >= 0.6 is 22.9 Å². The van der Waals surface area contributed by atoms with Gasteiger partial charge in [0.15, 0.2) is 0 Å². The second-order valence-electron chi connectivity index (χ2n) is 5.17. The summed E-state index contributed by atoms with van der Waals surface area (Å²) in [6.07, 6.45) is 0.0655. The fraction of sp³-hybridized carbons (Fsp3) is 0.0556. The minimum absolute atomic E-state index is 0.0655. The molecule has 3 aromatic rings. The highest BCUT2D eigenvalue weighted by atomic mass is 35.5. The number of carbonyl (C=O) groups is 2. The molecule has 2 aromatic carbocycles. The van der Waals surface area contributed by atoms with Crippen LogP contribution in [0.1, 0.15) is 16.1 Å². The third-order valence-electron chi connectivity index (χ3n) is 3.35. The second-order valence-corrected chi connectivity index (χ2v) is 6.43. The molecule has 5 nitrogen and oxygen atoms in total. The van der Waals surface area contributed by atoms with Crippen LogP contribution in [0, 0.1) is 0 Å². The lowest BCUT2D eigenvalue weighted by atomic mass is 10.2. The first-order valence-corrected chi connectivity index (χ1v) is 8.73. The Bertz CT molecular complexity index is 896. The van der Waals surface area contributed by atoms with E-state index in [1.165, 1.54) is 11.3 Å². The van der Waals surface area contributed by atoms with Gasteiger partial charge in [-0.1, -0.05) is 48.0 Å². The van der Waals surface area contributed by atoms with Gasteiger partial charge >= 0.3 is 0 Å². The van der Waals surface area contributed by atoms with Gasteiger partial charge in [-0.15, -0.1) is 11.3 Å². The number of thiazole rings is 1. The van der Waals surface area contributed by atoms with Crippen LogP contribution in [-0.2, 0) is 11.2 Å². The highest BCUT2D eigenvalue weighted by Crippen LogP contribution is 2.30. The predicted molar refractivity (Wildman–Crippen MR) is 98.3 cm³/mol. The van der Waals surface area contributed by atoms with Gasteiger partial charge in [-0.2, -0.15) is 0 Å². The summed E-state index contributed by atoms with van der Waals surface area (Å²) in [6.45, 7) is 0. The molecule has 3 rings (SSSR count). The Morgan fingerprint density at radius 1 is 1.00 bits per heavy atom. The molecule has 126 valence electrons. The minimum atomic E-state index is -0.371. The molecule has 0 radical (unpaired) electrons.